The van der Waals surface area contributed by atoms with Gasteiger partial charge in [-0.1, -0.05) is 21.9 Å². The molecule has 0 bridgehead atoms. The van der Waals surface area contributed by atoms with Crippen molar-refractivity contribution in [3.05, 3.63) is 28.2 Å². The van der Waals surface area contributed by atoms with Crippen LogP contribution in [0.25, 0.3) is 0 Å². The maximum atomic E-state index is 12.2. The van der Waals surface area contributed by atoms with Crippen molar-refractivity contribution in [3.8, 4) is 18.1 Å². The van der Waals surface area contributed by atoms with E-state index in [0.29, 0.717) is 12.1 Å². The van der Waals surface area contributed by atoms with E-state index in [-0.39, 0.29) is 11.8 Å². The molecule has 2 nitrogen and oxygen atoms in total. The Bertz CT molecular complexity index is 417. The van der Waals surface area contributed by atoms with Crippen molar-refractivity contribution in [1.29, 1.82) is 0 Å². The van der Waals surface area contributed by atoms with Gasteiger partial charge in [-0.2, -0.15) is 8.78 Å². The predicted molar refractivity (Wildman–Crippen MR) is 65.9 cm³/mol. The first-order valence-electron chi connectivity index (χ1n) is 4.95. The highest BCUT2D eigenvalue weighted by atomic mass is 79.9. The van der Waals surface area contributed by atoms with Gasteiger partial charge in [0.05, 0.1) is 6.04 Å². The molecule has 0 aliphatic carbocycles. The zero-order valence-electron chi connectivity index (χ0n) is 9.21. The molecule has 1 unspecified atom stereocenters. The molecule has 1 N–H and O–H groups in total. The number of nitrogens with one attached hydrogen (secondary N) is 1. The maximum absolute atomic E-state index is 12.2. The number of ether oxygens (including phenoxy) is 1. The van der Waals surface area contributed by atoms with Crippen molar-refractivity contribution in [2.24, 2.45) is 0 Å². The van der Waals surface area contributed by atoms with E-state index in [1.54, 1.807) is 12.1 Å². The lowest BCUT2D eigenvalue weighted by molar-refractivity contribution is -0.0505. The molecule has 0 saturated carbocycles. The van der Waals surface area contributed by atoms with Gasteiger partial charge in [0, 0.05) is 16.6 Å². The molecular formula is C12H12BrF2NO. The van der Waals surface area contributed by atoms with Crippen LogP contribution < -0.4 is 10.1 Å². The first-order chi connectivity index (χ1) is 8.02. The summed E-state index contributed by atoms with van der Waals surface area (Å²) >= 11 is 3.28. The summed E-state index contributed by atoms with van der Waals surface area (Å²) in [6.45, 7) is -0.654. The van der Waals surface area contributed by atoms with Crippen molar-refractivity contribution < 1.29 is 13.5 Å². The van der Waals surface area contributed by atoms with Gasteiger partial charge < -0.3 is 4.74 Å². The normalized spacial score (nSPS) is 12.2. The first-order valence-corrected chi connectivity index (χ1v) is 5.75. The van der Waals surface area contributed by atoms with Gasteiger partial charge >= 0.3 is 6.61 Å². The van der Waals surface area contributed by atoms with Gasteiger partial charge in [-0.3, -0.25) is 5.32 Å². The summed E-state index contributed by atoms with van der Waals surface area (Å²) in [5.74, 6) is 2.65. The Hall–Kier alpha value is -1.12. The van der Waals surface area contributed by atoms with E-state index < -0.39 is 6.61 Å². The topological polar surface area (TPSA) is 21.3 Å². The van der Waals surface area contributed by atoms with Crippen LogP contribution in [0.3, 0.4) is 0 Å². The summed E-state index contributed by atoms with van der Waals surface area (Å²) in [4.78, 5) is 0. The quantitative estimate of drug-likeness (QED) is 0.844. The van der Waals surface area contributed by atoms with Crippen molar-refractivity contribution in [2.45, 2.75) is 26.1 Å². The summed E-state index contributed by atoms with van der Waals surface area (Å²) in [6, 6.07) is 4.72. The van der Waals surface area contributed by atoms with Crippen LogP contribution >= 0.6 is 15.9 Å². The van der Waals surface area contributed by atoms with E-state index in [2.05, 4.69) is 31.9 Å². The third-order valence-corrected chi connectivity index (χ3v) is 2.58. The number of hydrogen-bond acceptors (Lipinski definition) is 2. The average molecular weight is 304 g/mol. The van der Waals surface area contributed by atoms with Crippen LogP contribution in [0.15, 0.2) is 22.7 Å². The molecule has 0 radical (unpaired) electrons. The summed E-state index contributed by atoms with van der Waals surface area (Å²) in [7, 11) is 0. The van der Waals surface area contributed by atoms with Gasteiger partial charge in [0.1, 0.15) is 5.75 Å². The van der Waals surface area contributed by atoms with Crippen molar-refractivity contribution in [1.82, 2.24) is 5.32 Å². The molecule has 92 valence electrons. The van der Waals surface area contributed by atoms with Crippen molar-refractivity contribution >= 4 is 15.9 Å². The highest BCUT2D eigenvalue weighted by Crippen LogP contribution is 2.24. The lowest BCUT2D eigenvalue weighted by atomic mass is 10.2. The molecule has 1 rings (SSSR count). The summed E-state index contributed by atoms with van der Waals surface area (Å²) in [5, 5.41) is 3.01. The molecule has 0 saturated heterocycles. The Morgan fingerprint density at radius 3 is 2.82 bits per heavy atom. The fraction of sp³-hybridized carbons (Fsp3) is 0.333. The average Bonchev–Trinajstić information content (AvgIpc) is 2.28. The van der Waals surface area contributed by atoms with Crippen LogP contribution in [0.2, 0.25) is 0 Å². The number of rotatable bonds is 5. The molecule has 1 atom stereocenters. The molecular weight excluding hydrogens is 292 g/mol. The minimum absolute atomic E-state index is 0.131. The largest absolute Gasteiger partial charge is 0.434 e. The van der Waals surface area contributed by atoms with Gasteiger partial charge in [0.2, 0.25) is 0 Å². The number of benzene rings is 1. The van der Waals surface area contributed by atoms with Crippen molar-refractivity contribution in [3.63, 3.8) is 0 Å². The second-order valence-electron chi connectivity index (χ2n) is 3.40. The third-order valence-electron chi connectivity index (χ3n) is 2.09. The fourth-order valence-corrected chi connectivity index (χ4v) is 1.63. The summed E-state index contributed by atoms with van der Waals surface area (Å²) in [5.41, 5.74) is 0.627. The Balaban J connectivity index is 2.80. The zero-order chi connectivity index (χ0) is 12.8. The van der Waals surface area contributed by atoms with Crippen molar-refractivity contribution in [2.75, 3.05) is 0 Å². The fourth-order valence-electron chi connectivity index (χ4n) is 1.22. The molecule has 0 amide bonds. The van der Waals surface area contributed by atoms with Gasteiger partial charge in [-0.05, 0) is 25.1 Å². The Kier molecular flexibility index (Phi) is 5.39. The molecule has 0 aliphatic heterocycles. The summed E-state index contributed by atoms with van der Waals surface area (Å²) < 4.78 is 29.6. The van der Waals surface area contributed by atoms with Crippen LogP contribution in [0, 0.1) is 12.3 Å². The van der Waals surface area contributed by atoms with Gasteiger partial charge in [0.25, 0.3) is 0 Å². The Morgan fingerprint density at radius 2 is 2.24 bits per heavy atom. The second kappa shape index (κ2) is 6.58. The maximum Gasteiger partial charge on any atom is 0.387 e. The van der Waals surface area contributed by atoms with Crippen LogP contribution in [0.4, 0.5) is 8.78 Å². The van der Waals surface area contributed by atoms with E-state index >= 15 is 0 Å². The minimum Gasteiger partial charge on any atom is -0.434 e. The smallest absolute Gasteiger partial charge is 0.387 e. The molecule has 0 aromatic heterocycles. The van der Waals surface area contributed by atoms with Crippen LogP contribution in [-0.2, 0) is 6.54 Å². The molecule has 0 aliphatic rings. The summed E-state index contributed by atoms with van der Waals surface area (Å²) in [6.07, 6.45) is 5.21. The molecule has 17 heavy (non-hydrogen) atoms. The van der Waals surface area contributed by atoms with Gasteiger partial charge in [-0.25, -0.2) is 0 Å². The minimum atomic E-state index is -2.83. The Morgan fingerprint density at radius 1 is 1.53 bits per heavy atom. The lowest BCUT2D eigenvalue weighted by Gasteiger charge is -2.13. The van der Waals surface area contributed by atoms with Crippen LogP contribution in [0.1, 0.15) is 12.5 Å². The van der Waals surface area contributed by atoms with E-state index in [1.165, 1.54) is 6.07 Å². The second-order valence-corrected chi connectivity index (χ2v) is 4.32. The van der Waals surface area contributed by atoms with E-state index in [0.717, 1.165) is 4.47 Å². The number of terminal acetylenes is 1. The lowest BCUT2D eigenvalue weighted by Crippen LogP contribution is -2.24. The number of alkyl halides is 2. The first kappa shape index (κ1) is 13.9. The van der Waals surface area contributed by atoms with Crippen LogP contribution in [0.5, 0.6) is 5.75 Å². The molecule has 5 heteroatoms. The molecule has 0 fully saturated rings. The van der Waals surface area contributed by atoms with E-state index in [1.807, 2.05) is 6.92 Å². The highest BCUT2D eigenvalue weighted by molar-refractivity contribution is 9.10. The monoisotopic (exact) mass is 303 g/mol. The molecule has 0 heterocycles. The standard InChI is InChI=1S/C12H12BrF2NO/c1-3-8(2)16-7-9-6-10(13)4-5-11(9)17-12(14)15/h1,4-6,8,12,16H,7H2,2H3. The molecule has 1 aromatic rings. The number of halogens is 3. The number of hydrogen-bond donors (Lipinski definition) is 1. The third kappa shape index (κ3) is 4.72. The zero-order valence-corrected chi connectivity index (χ0v) is 10.8. The van der Waals surface area contributed by atoms with Gasteiger partial charge in [-0.15, -0.1) is 6.42 Å². The van der Waals surface area contributed by atoms with Crippen LogP contribution in [-0.4, -0.2) is 12.7 Å². The molecule has 1 aromatic carbocycles. The molecule has 0 spiro atoms. The SMILES string of the molecule is C#CC(C)NCc1cc(Br)ccc1OC(F)F. The van der Waals surface area contributed by atoms with Gasteiger partial charge in [0.15, 0.2) is 0 Å². The predicted octanol–water partition coefficient (Wildman–Crippen LogP) is 3.16. The highest BCUT2D eigenvalue weighted by Gasteiger charge is 2.10. The Labute approximate surface area is 107 Å². The van der Waals surface area contributed by atoms with E-state index in [4.69, 9.17) is 6.42 Å². The van der Waals surface area contributed by atoms with E-state index in [9.17, 15) is 8.78 Å².